The molecule has 0 bridgehead atoms. The lowest BCUT2D eigenvalue weighted by molar-refractivity contribution is 0.415. The number of halogens is 1. The smallest absolute Gasteiger partial charge is 0.137 e. The summed E-state index contributed by atoms with van der Waals surface area (Å²) in [5.41, 5.74) is 1.03. The number of rotatable bonds is 11. The van der Waals surface area contributed by atoms with E-state index in [-0.39, 0.29) is 0 Å². The molecule has 4 heteroatoms. The van der Waals surface area contributed by atoms with E-state index >= 15 is 0 Å². The molecule has 0 saturated carbocycles. The Bertz CT molecular complexity index is 371. The highest BCUT2D eigenvalue weighted by Gasteiger charge is 2.00. The van der Waals surface area contributed by atoms with Gasteiger partial charge in [-0.05, 0) is 31.2 Å². The summed E-state index contributed by atoms with van der Waals surface area (Å²) in [5.74, 6) is 0.711. The monoisotopic (exact) mass is 298 g/mol. The summed E-state index contributed by atoms with van der Waals surface area (Å²) in [5, 5.41) is 7.44. The van der Waals surface area contributed by atoms with Crippen molar-refractivity contribution in [2.24, 2.45) is 0 Å². The van der Waals surface area contributed by atoms with E-state index < -0.39 is 0 Å². The average Bonchev–Trinajstić information content (AvgIpc) is 2.46. The molecule has 1 aromatic rings. The van der Waals surface area contributed by atoms with Crippen molar-refractivity contribution in [2.75, 3.05) is 32.1 Å². The number of hydrogen-bond donors (Lipinski definition) is 2. The molecule has 1 rings (SSSR count). The number of hydrogen-bond acceptors (Lipinski definition) is 3. The number of anilines is 1. The fraction of sp³-hybridized carbons (Fsp3) is 0.625. The molecule has 0 atom stereocenters. The molecule has 0 amide bonds. The van der Waals surface area contributed by atoms with Crippen molar-refractivity contribution in [3.63, 3.8) is 0 Å². The molecule has 0 fully saturated rings. The predicted octanol–water partition coefficient (Wildman–Crippen LogP) is 4.32. The summed E-state index contributed by atoms with van der Waals surface area (Å²) in [4.78, 5) is 0. The fourth-order valence-corrected chi connectivity index (χ4v) is 2.31. The molecule has 2 N–H and O–H groups in total. The van der Waals surface area contributed by atoms with Crippen LogP contribution in [0.5, 0.6) is 5.75 Å². The minimum absolute atomic E-state index is 0.640. The summed E-state index contributed by atoms with van der Waals surface area (Å²) < 4.78 is 5.13. The Morgan fingerprint density at radius 2 is 1.85 bits per heavy atom. The van der Waals surface area contributed by atoms with Crippen molar-refractivity contribution in [2.45, 2.75) is 39.0 Å². The molecule has 0 radical (unpaired) electrons. The lowest BCUT2D eigenvalue weighted by Crippen LogP contribution is -2.23. The molecule has 0 aliphatic carbocycles. The van der Waals surface area contributed by atoms with Crippen LogP contribution >= 0.6 is 11.6 Å². The second-order valence-corrected chi connectivity index (χ2v) is 5.35. The van der Waals surface area contributed by atoms with Crippen LogP contribution in [0.3, 0.4) is 0 Å². The summed E-state index contributed by atoms with van der Waals surface area (Å²) >= 11 is 6.07. The molecule has 3 nitrogen and oxygen atoms in total. The number of unbranched alkanes of at least 4 members (excludes halogenated alkanes) is 4. The van der Waals surface area contributed by atoms with E-state index in [0.717, 1.165) is 25.3 Å². The van der Waals surface area contributed by atoms with Gasteiger partial charge in [0.2, 0.25) is 0 Å². The van der Waals surface area contributed by atoms with Gasteiger partial charge in [-0.3, -0.25) is 0 Å². The maximum Gasteiger partial charge on any atom is 0.137 e. The first-order valence-corrected chi connectivity index (χ1v) is 7.94. The minimum Gasteiger partial charge on any atom is -0.495 e. The molecule has 20 heavy (non-hydrogen) atoms. The lowest BCUT2D eigenvalue weighted by atomic mass is 10.1. The van der Waals surface area contributed by atoms with Crippen molar-refractivity contribution in [3.8, 4) is 5.75 Å². The van der Waals surface area contributed by atoms with E-state index in [0.29, 0.717) is 10.8 Å². The molecular formula is C16H27ClN2O. The van der Waals surface area contributed by atoms with E-state index in [4.69, 9.17) is 16.3 Å². The van der Waals surface area contributed by atoms with Crippen molar-refractivity contribution in [1.82, 2.24) is 5.32 Å². The second-order valence-electron chi connectivity index (χ2n) is 4.94. The quantitative estimate of drug-likeness (QED) is 0.597. The summed E-state index contributed by atoms with van der Waals surface area (Å²) in [7, 11) is 1.62. The number of benzene rings is 1. The summed E-state index contributed by atoms with van der Waals surface area (Å²) in [6, 6.07) is 5.76. The van der Waals surface area contributed by atoms with E-state index in [9.17, 15) is 0 Å². The minimum atomic E-state index is 0.640. The van der Waals surface area contributed by atoms with Crippen LogP contribution in [-0.4, -0.2) is 26.7 Å². The number of methoxy groups -OCH3 is 1. The zero-order valence-corrected chi connectivity index (χ0v) is 13.4. The highest BCUT2D eigenvalue weighted by atomic mass is 35.5. The Morgan fingerprint density at radius 1 is 1.05 bits per heavy atom. The van der Waals surface area contributed by atoms with Crippen LogP contribution in [-0.2, 0) is 0 Å². The number of nitrogens with one attached hydrogen (secondary N) is 2. The average molecular weight is 299 g/mol. The van der Waals surface area contributed by atoms with Gasteiger partial charge in [0.15, 0.2) is 0 Å². The van der Waals surface area contributed by atoms with Crippen LogP contribution in [0.4, 0.5) is 5.69 Å². The van der Waals surface area contributed by atoms with E-state index in [1.165, 1.54) is 32.1 Å². The largest absolute Gasteiger partial charge is 0.495 e. The molecule has 0 aliphatic rings. The highest BCUT2D eigenvalue weighted by Crippen LogP contribution is 2.26. The highest BCUT2D eigenvalue weighted by molar-refractivity contribution is 6.32. The van der Waals surface area contributed by atoms with Crippen molar-refractivity contribution >= 4 is 17.3 Å². The number of ether oxygens (including phenoxy) is 1. The normalized spacial score (nSPS) is 10.6. The molecule has 1 aromatic carbocycles. The Hall–Kier alpha value is -0.930. The fourth-order valence-electron chi connectivity index (χ4n) is 2.05. The van der Waals surface area contributed by atoms with Crippen LogP contribution in [0.1, 0.15) is 39.0 Å². The second kappa shape index (κ2) is 10.8. The van der Waals surface area contributed by atoms with Gasteiger partial charge in [-0.2, -0.15) is 0 Å². The summed E-state index contributed by atoms with van der Waals surface area (Å²) in [6.45, 7) is 5.22. The van der Waals surface area contributed by atoms with Crippen LogP contribution in [0.15, 0.2) is 18.2 Å². The van der Waals surface area contributed by atoms with E-state index in [2.05, 4.69) is 17.6 Å². The van der Waals surface area contributed by atoms with Gasteiger partial charge >= 0.3 is 0 Å². The van der Waals surface area contributed by atoms with Crippen LogP contribution in [0.25, 0.3) is 0 Å². The maximum atomic E-state index is 6.07. The Labute approximate surface area is 128 Å². The first-order chi connectivity index (χ1) is 9.77. The van der Waals surface area contributed by atoms with Gasteiger partial charge in [0.25, 0.3) is 0 Å². The van der Waals surface area contributed by atoms with Gasteiger partial charge in [-0.15, -0.1) is 0 Å². The van der Waals surface area contributed by atoms with Gasteiger partial charge in [0.05, 0.1) is 12.1 Å². The zero-order chi connectivity index (χ0) is 14.6. The first-order valence-electron chi connectivity index (χ1n) is 7.56. The molecule has 0 aliphatic heterocycles. The third-order valence-corrected chi connectivity index (χ3v) is 3.54. The first kappa shape index (κ1) is 17.1. The third kappa shape index (κ3) is 7.01. The molecule has 0 heterocycles. The molecule has 0 aromatic heterocycles. The predicted molar refractivity (Wildman–Crippen MR) is 88.1 cm³/mol. The van der Waals surface area contributed by atoms with Crippen molar-refractivity contribution in [3.05, 3.63) is 23.2 Å². The Morgan fingerprint density at radius 3 is 2.55 bits per heavy atom. The Balaban J connectivity index is 2.05. The van der Waals surface area contributed by atoms with Crippen molar-refractivity contribution in [1.29, 1.82) is 0 Å². The third-order valence-electron chi connectivity index (χ3n) is 3.24. The molecule has 0 spiro atoms. The van der Waals surface area contributed by atoms with Gasteiger partial charge in [-0.25, -0.2) is 0 Å². The van der Waals surface area contributed by atoms with Crippen LogP contribution in [0, 0.1) is 0 Å². The topological polar surface area (TPSA) is 33.3 Å². The lowest BCUT2D eigenvalue weighted by Gasteiger charge is -2.09. The maximum absolute atomic E-state index is 6.07. The van der Waals surface area contributed by atoms with Crippen LogP contribution in [0.2, 0.25) is 5.02 Å². The molecule has 114 valence electrons. The van der Waals surface area contributed by atoms with Crippen LogP contribution < -0.4 is 15.4 Å². The van der Waals surface area contributed by atoms with Gasteiger partial charge < -0.3 is 15.4 Å². The standard InChI is InChI=1S/C16H27ClN2O/c1-3-4-5-6-7-10-18-11-12-19-14-8-9-16(20-2)15(17)13-14/h8-9,13,18-19H,3-7,10-12H2,1-2H3. The summed E-state index contributed by atoms with van der Waals surface area (Å²) in [6.07, 6.45) is 6.64. The van der Waals surface area contributed by atoms with E-state index in [1.54, 1.807) is 7.11 Å². The van der Waals surface area contributed by atoms with E-state index in [1.807, 2.05) is 18.2 Å². The molecule has 0 saturated heterocycles. The SMILES string of the molecule is CCCCCCCNCCNc1ccc(OC)c(Cl)c1. The van der Waals surface area contributed by atoms with Gasteiger partial charge in [-0.1, -0.05) is 44.2 Å². The van der Waals surface area contributed by atoms with Gasteiger partial charge in [0.1, 0.15) is 5.75 Å². The zero-order valence-electron chi connectivity index (χ0n) is 12.7. The van der Waals surface area contributed by atoms with Gasteiger partial charge in [0, 0.05) is 18.8 Å². The molecular weight excluding hydrogens is 272 g/mol. The molecule has 0 unspecified atom stereocenters. The Kier molecular flexibility index (Phi) is 9.25. The van der Waals surface area contributed by atoms with Crippen molar-refractivity contribution < 1.29 is 4.74 Å².